The number of hydrogen-bond acceptors (Lipinski definition) is 6. The van der Waals surface area contributed by atoms with E-state index in [4.69, 9.17) is 9.05 Å². The molecule has 18 heavy (non-hydrogen) atoms. The van der Waals surface area contributed by atoms with Crippen LogP contribution in [0.2, 0.25) is 0 Å². The van der Waals surface area contributed by atoms with E-state index in [1.54, 1.807) is 0 Å². The molecule has 1 N–H and O–H groups in total. The number of hydrogen-bond donors (Lipinski definition) is 1. The molecule has 2 aromatic heterocycles. The zero-order valence-corrected chi connectivity index (χ0v) is 10.6. The highest BCUT2D eigenvalue weighted by Gasteiger charge is 2.22. The van der Waals surface area contributed by atoms with E-state index in [2.05, 4.69) is 20.6 Å². The van der Waals surface area contributed by atoms with E-state index in [0.29, 0.717) is 12.3 Å². The second-order valence-corrected chi connectivity index (χ2v) is 4.67. The molecular formula is C12H16N4O2. The van der Waals surface area contributed by atoms with Crippen molar-refractivity contribution in [3.63, 3.8) is 0 Å². The fourth-order valence-electron chi connectivity index (χ4n) is 2.29. The number of aryl methyl sites for hydroxylation is 2. The molecule has 2 aromatic rings. The van der Waals surface area contributed by atoms with Crippen LogP contribution in [0.1, 0.15) is 47.6 Å². The monoisotopic (exact) mass is 248 g/mol. The van der Waals surface area contributed by atoms with Crippen molar-refractivity contribution in [3.8, 4) is 0 Å². The Morgan fingerprint density at radius 1 is 1.28 bits per heavy atom. The maximum Gasteiger partial charge on any atom is 0.231 e. The third kappa shape index (κ3) is 2.03. The highest BCUT2D eigenvalue weighted by atomic mass is 16.5. The van der Waals surface area contributed by atoms with Crippen LogP contribution < -0.4 is 5.32 Å². The van der Waals surface area contributed by atoms with Crippen molar-refractivity contribution in [2.45, 2.75) is 39.2 Å². The number of nitrogens with zero attached hydrogens (tertiary/aromatic N) is 3. The first-order valence-electron chi connectivity index (χ1n) is 6.21. The Morgan fingerprint density at radius 2 is 2.17 bits per heavy atom. The maximum atomic E-state index is 5.29. The molecule has 6 heteroatoms. The summed E-state index contributed by atoms with van der Waals surface area (Å²) in [5.41, 5.74) is 1.91. The van der Waals surface area contributed by atoms with Gasteiger partial charge >= 0.3 is 0 Å². The van der Waals surface area contributed by atoms with Gasteiger partial charge in [0.2, 0.25) is 5.89 Å². The van der Waals surface area contributed by atoms with Gasteiger partial charge < -0.3 is 14.4 Å². The highest BCUT2D eigenvalue weighted by Crippen LogP contribution is 2.22. The number of nitrogens with one attached hydrogen (secondary N) is 1. The van der Waals surface area contributed by atoms with Gasteiger partial charge in [0, 0.05) is 5.56 Å². The Bertz CT molecular complexity index is 521. The topological polar surface area (TPSA) is 77.0 Å². The van der Waals surface area contributed by atoms with Crippen LogP contribution in [0.15, 0.2) is 9.05 Å². The molecule has 1 atom stereocenters. The molecule has 1 aliphatic rings. The van der Waals surface area contributed by atoms with Crippen LogP contribution >= 0.6 is 0 Å². The third-order valence-corrected chi connectivity index (χ3v) is 3.37. The molecule has 3 heterocycles. The fourth-order valence-corrected chi connectivity index (χ4v) is 2.29. The van der Waals surface area contributed by atoms with E-state index in [1.165, 1.54) is 6.42 Å². The van der Waals surface area contributed by atoms with Crippen molar-refractivity contribution in [2.24, 2.45) is 0 Å². The van der Waals surface area contributed by atoms with Crippen LogP contribution in [0.25, 0.3) is 0 Å². The van der Waals surface area contributed by atoms with E-state index in [-0.39, 0.29) is 6.04 Å². The zero-order chi connectivity index (χ0) is 12.5. The summed E-state index contributed by atoms with van der Waals surface area (Å²) in [5.74, 6) is 2.19. The second-order valence-electron chi connectivity index (χ2n) is 4.67. The van der Waals surface area contributed by atoms with Crippen LogP contribution in [-0.4, -0.2) is 21.8 Å². The van der Waals surface area contributed by atoms with Crippen molar-refractivity contribution in [2.75, 3.05) is 6.54 Å². The van der Waals surface area contributed by atoms with Crippen molar-refractivity contribution in [3.05, 3.63) is 28.7 Å². The molecule has 96 valence electrons. The predicted octanol–water partition coefficient (Wildman–Crippen LogP) is 1.69. The van der Waals surface area contributed by atoms with Crippen LogP contribution in [0.4, 0.5) is 0 Å². The number of rotatable bonds is 3. The average molecular weight is 248 g/mol. The van der Waals surface area contributed by atoms with Gasteiger partial charge in [0.15, 0.2) is 5.82 Å². The van der Waals surface area contributed by atoms with Crippen molar-refractivity contribution in [1.29, 1.82) is 0 Å². The molecule has 0 bridgehead atoms. The second kappa shape index (κ2) is 4.53. The van der Waals surface area contributed by atoms with Gasteiger partial charge in [-0.25, -0.2) is 0 Å². The van der Waals surface area contributed by atoms with Gasteiger partial charge in [0.1, 0.15) is 5.76 Å². The lowest BCUT2D eigenvalue weighted by Crippen LogP contribution is -2.14. The third-order valence-electron chi connectivity index (χ3n) is 3.37. The summed E-state index contributed by atoms with van der Waals surface area (Å²) in [5, 5.41) is 11.3. The Hall–Kier alpha value is -1.69. The molecule has 0 amide bonds. The van der Waals surface area contributed by atoms with Crippen molar-refractivity contribution < 1.29 is 9.05 Å². The first-order chi connectivity index (χ1) is 8.74. The Balaban J connectivity index is 1.77. The summed E-state index contributed by atoms with van der Waals surface area (Å²) in [6.45, 7) is 4.84. The minimum atomic E-state index is 0.243. The molecule has 0 aromatic carbocycles. The Kier molecular flexibility index (Phi) is 2.87. The van der Waals surface area contributed by atoms with E-state index in [1.807, 2.05) is 13.8 Å². The van der Waals surface area contributed by atoms with Gasteiger partial charge in [-0.1, -0.05) is 10.3 Å². The van der Waals surface area contributed by atoms with Crippen LogP contribution in [0, 0.1) is 13.8 Å². The van der Waals surface area contributed by atoms with Gasteiger partial charge in [0.05, 0.1) is 18.2 Å². The molecule has 0 radical (unpaired) electrons. The summed E-state index contributed by atoms with van der Waals surface area (Å²) in [6.07, 6.45) is 2.82. The van der Waals surface area contributed by atoms with E-state index >= 15 is 0 Å². The van der Waals surface area contributed by atoms with Crippen LogP contribution in [-0.2, 0) is 6.42 Å². The predicted molar refractivity (Wildman–Crippen MR) is 63.1 cm³/mol. The average Bonchev–Trinajstić information content (AvgIpc) is 3.06. The smallest absolute Gasteiger partial charge is 0.231 e. The highest BCUT2D eigenvalue weighted by molar-refractivity contribution is 5.23. The molecule has 1 unspecified atom stereocenters. The Morgan fingerprint density at radius 3 is 2.83 bits per heavy atom. The van der Waals surface area contributed by atoms with Crippen molar-refractivity contribution in [1.82, 2.24) is 20.6 Å². The lowest BCUT2D eigenvalue weighted by Gasteiger charge is -2.01. The molecule has 6 nitrogen and oxygen atoms in total. The van der Waals surface area contributed by atoms with Gasteiger partial charge in [0.25, 0.3) is 0 Å². The summed E-state index contributed by atoms with van der Waals surface area (Å²) < 4.78 is 10.4. The lowest BCUT2D eigenvalue weighted by atomic mass is 10.1. The van der Waals surface area contributed by atoms with Gasteiger partial charge in [-0.3, -0.25) is 0 Å². The minimum absolute atomic E-state index is 0.243. The lowest BCUT2D eigenvalue weighted by molar-refractivity contribution is 0.371. The zero-order valence-electron chi connectivity index (χ0n) is 10.6. The van der Waals surface area contributed by atoms with E-state index in [0.717, 1.165) is 35.8 Å². The van der Waals surface area contributed by atoms with Gasteiger partial charge in [-0.15, -0.1) is 0 Å². The molecule has 1 saturated heterocycles. The largest absolute Gasteiger partial charge is 0.361 e. The summed E-state index contributed by atoms with van der Waals surface area (Å²) in [4.78, 5) is 4.44. The summed E-state index contributed by atoms with van der Waals surface area (Å²) >= 11 is 0. The fraction of sp³-hybridized carbons (Fsp3) is 0.583. The minimum Gasteiger partial charge on any atom is -0.361 e. The van der Waals surface area contributed by atoms with E-state index < -0.39 is 0 Å². The summed E-state index contributed by atoms with van der Waals surface area (Å²) in [7, 11) is 0. The molecule has 3 rings (SSSR count). The SMILES string of the molecule is Cc1noc(C)c1Cc1nc(C2CCCN2)no1. The standard InChI is InChI=1S/C12H16N4O2/c1-7-9(8(2)17-15-7)6-11-14-12(16-18-11)10-4-3-5-13-10/h10,13H,3-6H2,1-2H3. The first kappa shape index (κ1) is 11.4. The molecule has 0 spiro atoms. The molecule has 0 saturated carbocycles. The van der Waals surface area contributed by atoms with Crippen LogP contribution in [0.3, 0.4) is 0 Å². The summed E-state index contributed by atoms with van der Waals surface area (Å²) in [6, 6.07) is 0.243. The van der Waals surface area contributed by atoms with Crippen LogP contribution in [0.5, 0.6) is 0 Å². The molecular weight excluding hydrogens is 232 g/mol. The van der Waals surface area contributed by atoms with Crippen molar-refractivity contribution >= 4 is 0 Å². The first-order valence-corrected chi connectivity index (χ1v) is 6.21. The van der Waals surface area contributed by atoms with E-state index in [9.17, 15) is 0 Å². The quantitative estimate of drug-likeness (QED) is 0.890. The van der Waals surface area contributed by atoms with Gasteiger partial charge in [-0.2, -0.15) is 4.98 Å². The molecule has 0 aliphatic carbocycles. The maximum absolute atomic E-state index is 5.29. The normalized spacial score (nSPS) is 19.6. The number of aromatic nitrogens is 3. The Labute approximate surface area is 105 Å². The molecule has 1 aliphatic heterocycles. The van der Waals surface area contributed by atoms with Gasteiger partial charge in [-0.05, 0) is 33.2 Å². The molecule has 1 fully saturated rings.